The number of likely N-dealkylation sites (tertiary alicyclic amines) is 1. The Bertz CT molecular complexity index is 323. The van der Waals surface area contributed by atoms with E-state index in [1.807, 2.05) is 0 Å². The zero-order valence-electron chi connectivity index (χ0n) is 8.54. The molecule has 1 unspecified atom stereocenters. The predicted molar refractivity (Wildman–Crippen MR) is 54.0 cm³/mol. The number of hydrogen-bond acceptors (Lipinski definition) is 3. The Hall–Kier alpha value is -1.36. The third-order valence-corrected chi connectivity index (χ3v) is 2.61. The molecule has 2 rings (SSSR count). The first-order chi connectivity index (χ1) is 7.25. The average molecular weight is 209 g/mol. The Balaban J connectivity index is 1.90. The summed E-state index contributed by atoms with van der Waals surface area (Å²) in [5.41, 5.74) is 0. The molecule has 1 saturated heterocycles. The van der Waals surface area contributed by atoms with E-state index in [-0.39, 0.29) is 18.6 Å². The van der Waals surface area contributed by atoms with Gasteiger partial charge in [-0.3, -0.25) is 9.48 Å². The normalized spacial score (nSPS) is 21.7. The molecule has 0 aromatic carbocycles. The van der Waals surface area contributed by atoms with E-state index in [9.17, 15) is 9.90 Å². The molecular formula is C10H15N3O2. The van der Waals surface area contributed by atoms with Crippen LogP contribution in [0.1, 0.15) is 12.8 Å². The van der Waals surface area contributed by atoms with Crippen molar-refractivity contribution in [3.05, 3.63) is 18.5 Å². The molecule has 5 nitrogen and oxygen atoms in total. The number of aliphatic hydroxyl groups excluding tert-OH is 1. The Morgan fingerprint density at radius 3 is 3.13 bits per heavy atom. The molecule has 1 aromatic heterocycles. The van der Waals surface area contributed by atoms with Crippen molar-refractivity contribution in [2.75, 3.05) is 13.1 Å². The SMILES string of the molecule is O=C(Cn1cccn1)N1CCCC(O)C1. The summed E-state index contributed by atoms with van der Waals surface area (Å²) in [5, 5.41) is 13.4. The van der Waals surface area contributed by atoms with Crippen LogP contribution in [0.25, 0.3) is 0 Å². The fraction of sp³-hybridized carbons (Fsp3) is 0.600. The number of carbonyl (C=O) groups excluding carboxylic acids is 1. The van der Waals surface area contributed by atoms with Crippen LogP contribution in [0.15, 0.2) is 18.5 Å². The van der Waals surface area contributed by atoms with Gasteiger partial charge in [-0.2, -0.15) is 5.10 Å². The summed E-state index contributed by atoms with van der Waals surface area (Å²) in [6, 6.07) is 1.79. The molecule has 82 valence electrons. The number of β-amino-alcohol motifs (C(OH)–C–C–N with tert-alkyl or cyclic N) is 1. The number of carbonyl (C=O) groups is 1. The lowest BCUT2D eigenvalue weighted by Gasteiger charge is -2.30. The van der Waals surface area contributed by atoms with Crippen LogP contribution in [0.4, 0.5) is 0 Å². The van der Waals surface area contributed by atoms with Crippen LogP contribution in [0, 0.1) is 0 Å². The third-order valence-electron chi connectivity index (χ3n) is 2.61. The van der Waals surface area contributed by atoms with Gasteiger partial charge in [0.15, 0.2) is 0 Å². The Morgan fingerprint density at radius 2 is 2.47 bits per heavy atom. The van der Waals surface area contributed by atoms with E-state index in [1.54, 1.807) is 28.0 Å². The minimum absolute atomic E-state index is 0.0254. The van der Waals surface area contributed by atoms with Crippen LogP contribution >= 0.6 is 0 Å². The van der Waals surface area contributed by atoms with Crippen molar-refractivity contribution >= 4 is 5.91 Å². The zero-order chi connectivity index (χ0) is 10.7. The van der Waals surface area contributed by atoms with Crippen LogP contribution in [0.3, 0.4) is 0 Å². The second-order valence-electron chi connectivity index (χ2n) is 3.84. The molecule has 1 aliphatic heterocycles. The summed E-state index contributed by atoms with van der Waals surface area (Å²) in [5.74, 6) is 0.0254. The van der Waals surface area contributed by atoms with Crippen LogP contribution in [-0.2, 0) is 11.3 Å². The molecule has 15 heavy (non-hydrogen) atoms. The molecule has 0 radical (unpaired) electrons. The summed E-state index contributed by atoms with van der Waals surface area (Å²) in [6.07, 6.45) is 4.73. The van der Waals surface area contributed by atoms with Crippen molar-refractivity contribution in [3.63, 3.8) is 0 Å². The lowest BCUT2D eigenvalue weighted by molar-refractivity contribution is -0.135. The van der Waals surface area contributed by atoms with Gasteiger partial charge in [-0.25, -0.2) is 0 Å². The van der Waals surface area contributed by atoms with E-state index in [1.165, 1.54) is 0 Å². The van der Waals surface area contributed by atoms with E-state index >= 15 is 0 Å². The standard InChI is InChI=1S/C10H15N3O2/c14-9-3-1-5-12(7-9)10(15)8-13-6-2-4-11-13/h2,4,6,9,14H,1,3,5,7-8H2. The van der Waals surface area contributed by atoms with Crippen LogP contribution in [-0.4, -0.2) is 44.9 Å². The lowest BCUT2D eigenvalue weighted by Crippen LogP contribution is -2.43. The lowest BCUT2D eigenvalue weighted by atomic mass is 10.1. The van der Waals surface area contributed by atoms with Gasteiger partial charge in [-0.05, 0) is 18.9 Å². The molecule has 0 saturated carbocycles. The smallest absolute Gasteiger partial charge is 0.244 e. The highest BCUT2D eigenvalue weighted by Crippen LogP contribution is 2.10. The quantitative estimate of drug-likeness (QED) is 0.738. The molecule has 0 bridgehead atoms. The van der Waals surface area contributed by atoms with Gasteiger partial charge in [0.05, 0.1) is 6.10 Å². The van der Waals surface area contributed by atoms with Crippen LogP contribution in [0.2, 0.25) is 0 Å². The van der Waals surface area contributed by atoms with E-state index < -0.39 is 0 Å². The van der Waals surface area contributed by atoms with Crippen molar-refractivity contribution < 1.29 is 9.90 Å². The van der Waals surface area contributed by atoms with Crippen molar-refractivity contribution in [2.45, 2.75) is 25.5 Å². The molecular weight excluding hydrogens is 194 g/mol. The summed E-state index contributed by atoms with van der Waals surface area (Å²) < 4.78 is 1.60. The minimum atomic E-state index is -0.361. The minimum Gasteiger partial charge on any atom is -0.391 e. The average Bonchev–Trinajstić information content (AvgIpc) is 2.70. The number of nitrogens with zero attached hydrogens (tertiary/aromatic N) is 3. The number of amides is 1. The molecule has 1 aliphatic rings. The first kappa shape index (κ1) is 10.2. The topological polar surface area (TPSA) is 58.4 Å². The van der Waals surface area contributed by atoms with Crippen molar-refractivity contribution in [3.8, 4) is 0 Å². The second kappa shape index (κ2) is 4.44. The summed E-state index contributed by atoms with van der Waals surface area (Å²) >= 11 is 0. The summed E-state index contributed by atoms with van der Waals surface area (Å²) in [6.45, 7) is 1.47. The van der Waals surface area contributed by atoms with Gasteiger partial charge >= 0.3 is 0 Å². The Kier molecular flexibility index (Phi) is 3.01. The highest BCUT2D eigenvalue weighted by molar-refractivity contribution is 5.76. The van der Waals surface area contributed by atoms with Gasteiger partial charge in [0.2, 0.25) is 5.91 Å². The van der Waals surface area contributed by atoms with Crippen molar-refractivity contribution in [1.29, 1.82) is 0 Å². The van der Waals surface area contributed by atoms with E-state index in [4.69, 9.17) is 0 Å². The third kappa shape index (κ3) is 2.56. The van der Waals surface area contributed by atoms with Gasteiger partial charge < -0.3 is 10.0 Å². The molecule has 1 N–H and O–H groups in total. The number of hydrogen-bond donors (Lipinski definition) is 1. The zero-order valence-corrected chi connectivity index (χ0v) is 8.54. The maximum atomic E-state index is 11.8. The molecule has 0 spiro atoms. The van der Waals surface area contributed by atoms with Crippen molar-refractivity contribution in [2.24, 2.45) is 0 Å². The first-order valence-corrected chi connectivity index (χ1v) is 5.19. The second-order valence-corrected chi connectivity index (χ2v) is 3.84. The van der Waals surface area contributed by atoms with Crippen molar-refractivity contribution in [1.82, 2.24) is 14.7 Å². The fourth-order valence-electron chi connectivity index (χ4n) is 1.81. The Morgan fingerprint density at radius 1 is 1.60 bits per heavy atom. The number of piperidine rings is 1. The van der Waals surface area contributed by atoms with Gasteiger partial charge in [0, 0.05) is 25.5 Å². The molecule has 2 heterocycles. The summed E-state index contributed by atoms with van der Waals surface area (Å²) in [4.78, 5) is 13.5. The number of rotatable bonds is 2. The molecule has 1 atom stereocenters. The van der Waals surface area contributed by atoms with Crippen LogP contribution < -0.4 is 0 Å². The monoisotopic (exact) mass is 209 g/mol. The maximum absolute atomic E-state index is 11.8. The highest BCUT2D eigenvalue weighted by atomic mass is 16.3. The van der Waals surface area contributed by atoms with E-state index in [0.29, 0.717) is 6.54 Å². The largest absolute Gasteiger partial charge is 0.391 e. The Labute approximate surface area is 88.3 Å². The van der Waals surface area contributed by atoms with Gasteiger partial charge in [-0.1, -0.05) is 0 Å². The van der Waals surface area contributed by atoms with Gasteiger partial charge in [-0.15, -0.1) is 0 Å². The van der Waals surface area contributed by atoms with Crippen LogP contribution in [0.5, 0.6) is 0 Å². The molecule has 5 heteroatoms. The fourth-order valence-corrected chi connectivity index (χ4v) is 1.81. The van der Waals surface area contributed by atoms with Gasteiger partial charge in [0.25, 0.3) is 0 Å². The van der Waals surface area contributed by atoms with E-state index in [0.717, 1.165) is 19.4 Å². The molecule has 1 amide bonds. The molecule has 1 aromatic rings. The number of aliphatic hydroxyl groups is 1. The molecule has 0 aliphatic carbocycles. The maximum Gasteiger partial charge on any atom is 0.244 e. The highest BCUT2D eigenvalue weighted by Gasteiger charge is 2.21. The first-order valence-electron chi connectivity index (χ1n) is 5.19. The molecule has 1 fully saturated rings. The summed E-state index contributed by atoms with van der Waals surface area (Å²) in [7, 11) is 0. The van der Waals surface area contributed by atoms with Gasteiger partial charge in [0.1, 0.15) is 6.54 Å². The number of aromatic nitrogens is 2. The van der Waals surface area contributed by atoms with E-state index in [2.05, 4.69) is 5.10 Å². The predicted octanol–water partition coefficient (Wildman–Crippen LogP) is -0.134.